The number of halogens is 3. The molecule has 0 aromatic rings. The maximum absolute atomic E-state index is 11.9. The van der Waals surface area contributed by atoms with Gasteiger partial charge >= 0.3 is 6.18 Å². The van der Waals surface area contributed by atoms with Gasteiger partial charge in [0, 0.05) is 6.61 Å². The standard InChI is InChI=1S/C14H26F3NO/c1-13(2)6-5-12(9-18)11(8-13)4-3-7-19-10-14(15,16)17/h11-12H,3-10,18H2,1-2H3. The van der Waals surface area contributed by atoms with Gasteiger partial charge in [-0.25, -0.2) is 0 Å². The summed E-state index contributed by atoms with van der Waals surface area (Å²) < 4.78 is 40.4. The quantitative estimate of drug-likeness (QED) is 0.753. The molecule has 1 rings (SSSR count). The Bertz CT molecular complexity index is 266. The lowest BCUT2D eigenvalue weighted by molar-refractivity contribution is -0.174. The zero-order valence-electron chi connectivity index (χ0n) is 11.9. The maximum Gasteiger partial charge on any atom is 0.411 e. The van der Waals surface area contributed by atoms with Gasteiger partial charge in [0.05, 0.1) is 0 Å². The fourth-order valence-corrected chi connectivity index (χ4v) is 3.07. The van der Waals surface area contributed by atoms with E-state index >= 15 is 0 Å². The third kappa shape index (κ3) is 6.61. The average molecular weight is 281 g/mol. The molecular formula is C14H26F3NO. The molecule has 2 nitrogen and oxygen atoms in total. The Balaban J connectivity index is 2.25. The number of ether oxygens (including phenoxy) is 1. The van der Waals surface area contributed by atoms with E-state index in [0.717, 1.165) is 19.3 Å². The van der Waals surface area contributed by atoms with Crippen molar-refractivity contribution in [3.05, 3.63) is 0 Å². The van der Waals surface area contributed by atoms with Crippen LogP contribution in [0.1, 0.15) is 46.0 Å². The summed E-state index contributed by atoms with van der Waals surface area (Å²) >= 11 is 0. The molecule has 0 aromatic carbocycles. The smallest absolute Gasteiger partial charge is 0.372 e. The minimum Gasteiger partial charge on any atom is -0.372 e. The van der Waals surface area contributed by atoms with Gasteiger partial charge in [0.15, 0.2) is 0 Å². The van der Waals surface area contributed by atoms with Gasteiger partial charge in [-0.05, 0) is 55.9 Å². The Hall–Kier alpha value is -0.290. The Morgan fingerprint density at radius 3 is 2.53 bits per heavy atom. The van der Waals surface area contributed by atoms with Crippen molar-refractivity contribution in [1.29, 1.82) is 0 Å². The Labute approximate surface area is 113 Å². The molecule has 0 aliphatic heterocycles. The van der Waals surface area contributed by atoms with Crippen molar-refractivity contribution in [3.8, 4) is 0 Å². The SMILES string of the molecule is CC1(C)CCC(CN)C(CCCOCC(F)(F)F)C1. The van der Waals surface area contributed by atoms with E-state index in [9.17, 15) is 13.2 Å². The third-order valence-electron chi connectivity index (χ3n) is 4.11. The van der Waals surface area contributed by atoms with Crippen LogP contribution in [-0.2, 0) is 4.74 Å². The summed E-state index contributed by atoms with van der Waals surface area (Å²) in [6, 6.07) is 0. The number of alkyl halides is 3. The Morgan fingerprint density at radius 2 is 1.95 bits per heavy atom. The molecular weight excluding hydrogens is 255 g/mol. The monoisotopic (exact) mass is 281 g/mol. The highest BCUT2D eigenvalue weighted by molar-refractivity contribution is 4.85. The second-order valence-electron chi connectivity index (χ2n) is 6.47. The first-order chi connectivity index (χ1) is 8.73. The predicted octanol–water partition coefficient (Wildman–Crippen LogP) is 3.75. The first-order valence-corrected chi connectivity index (χ1v) is 7.08. The molecule has 1 saturated carbocycles. The average Bonchev–Trinajstić information content (AvgIpc) is 2.26. The van der Waals surface area contributed by atoms with Crippen molar-refractivity contribution in [2.45, 2.75) is 52.1 Å². The molecule has 1 aliphatic rings. The maximum atomic E-state index is 11.9. The fourth-order valence-electron chi connectivity index (χ4n) is 3.07. The fraction of sp³-hybridized carbons (Fsp3) is 1.00. The van der Waals surface area contributed by atoms with Crippen LogP contribution < -0.4 is 5.73 Å². The van der Waals surface area contributed by atoms with Crippen LogP contribution in [0.25, 0.3) is 0 Å². The van der Waals surface area contributed by atoms with Crippen molar-refractivity contribution in [2.24, 2.45) is 23.0 Å². The van der Waals surface area contributed by atoms with Crippen molar-refractivity contribution < 1.29 is 17.9 Å². The van der Waals surface area contributed by atoms with Crippen LogP contribution in [0.2, 0.25) is 0 Å². The van der Waals surface area contributed by atoms with Gasteiger partial charge < -0.3 is 10.5 Å². The van der Waals surface area contributed by atoms with E-state index in [4.69, 9.17) is 5.73 Å². The van der Waals surface area contributed by atoms with Gasteiger partial charge in [0.25, 0.3) is 0 Å². The number of nitrogens with two attached hydrogens (primary N) is 1. The van der Waals surface area contributed by atoms with Crippen LogP contribution in [0.15, 0.2) is 0 Å². The van der Waals surface area contributed by atoms with E-state index in [0.29, 0.717) is 30.2 Å². The van der Waals surface area contributed by atoms with Gasteiger partial charge in [-0.15, -0.1) is 0 Å². The molecule has 0 amide bonds. The summed E-state index contributed by atoms with van der Waals surface area (Å²) in [5, 5.41) is 0. The second kappa shape index (κ2) is 6.93. The zero-order valence-corrected chi connectivity index (χ0v) is 11.9. The summed E-state index contributed by atoms with van der Waals surface area (Å²) in [6.45, 7) is 4.25. The van der Waals surface area contributed by atoms with E-state index in [2.05, 4.69) is 18.6 Å². The molecule has 2 unspecified atom stereocenters. The lowest BCUT2D eigenvalue weighted by atomic mass is 9.66. The Kier molecular flexibility index (Phi) is 6.12. The molecule has 2 atom stereocenters. The van der Waals surface area contributed by atoms with Crippen molar-refractivity contribution in [1.82, 2.24) is 0 Å². The zero-order chi connectivity index (χ0) is 14.5. The summed E-state index contributed by atoms with van der Waals surface area (Å²) in [6.07, 6.45) is 0.838. The molecule has 0 aromatic heterocycles. The molecule has 2 N–H and O–H groups in total. The molecule has 1 aliphatic carbocycles. The lowest BCUT2D eigenvalue weighted by Gasteiger charge is -2.40. The van der Waals surface area contributed by atoms with Gasteiger partial charge in [-0.1, -0.05) is 13.8 Å². The van der Waals surface area contributed by atoms with Crippen molar-refractivity contribution >= 4 is 0 Å². The largest absolute Gasteiger partial charge is 0.411 e. The first kappa shape index (κ1) is 16.8. The van der Waals surface area contributed by atoms with Crippen LogP contribution in [-0.4, -0.2) is 25.9 Å². The third-order valence-corrected chi connectivity index (χ3v) is 4.11. The summed E-state index contributed by atoms with van der Waals surface area (Å²) in [5.74, 6) is 1.05. The second-order valence-corrected chi connectivity index (χ2v) is 6.47. The number of hydrogen-bond donors (Lipinski definition) is 1. The number of hydrogen-bond acceptors (Lipinski definition) is 2. The normalized spacial score (nSPS) is 27.5. The molecule has 0 radical (unpaired) electrons. The van der Waals surface area contributed by atoms with Crippen LogP contribution in [0.3, 0.4) is 0 Å². The van der Waals surface area contributed by atoms with E-state index in [-0.39, 0.29) is 6.61 Å². The highest BCUT2D eigenvalue weighted by Gasteiger charge is 2.33. The number of rotatable bonds is 6. The van der Waals surface area contributed by atoms with E-state index in [1.54, 1.807) is 0 Å². The molecule has 0 saturated heterocycles. The van der Waals surface area contributed by atoms with Gasteiger partial charge in [0.2, 0.25) is 0 Å². The van der Waals surface area contributed by atoms with Gasteiger partial charge in [-0.2, -0.15) is 13.2 Å². The van der Waals surface area contributed by atoms with E-state index < -0.39 is 12.8 Å². The molecule has 114 valence electrons. The van der Waals surface area contributed by atoms with Crippen molar-refractivity contribution in [3.63, 3.8) is 0 Å². The molecule has 1 fully saturated rings. The Morgan fingerprint density at radius 1 is 1.26 bits per heavy atom. The molecule has 0 bridgehead atoms. The predicted molar refractivity (Wildman–Crippen MR) is 69.8 cm³/mol. The van der Waals surface area contributed by atoms with E-state index in [1.165, 1.54) is 6.42 Å². The highest BCUT2D eigenvalue weighted by Crippen LogP contribution is 2.43. The molecule has 0 spiro atoms. The van der Waals surface area contributed by atoms with Crippen LogP contribution in [0.4, 0.5) is 13.2 Å². The van der Waals surface area contributed by atoms with Gasteiger partial charge in [-0.3, -0.25) is 0 Å². The van der Waals surface area contributed by atoms with Crippen molar-refractivity contribution in [2.75, 3.05) is 19.8 Å². The van der Waals surface area contributed by atoms with E-state index in [1.807, 2.05) is 0 Å². The first-order valence-electron chi connectivity index (χ1n) is 7.08. The topological polar surface area (TPSA) is 35.2 Å². The van der Waals surface area contributed by atoms with Crippen LogP contribution >= 0.6 is 0 Å². The van der Waals surface area contributed by atoms with Gasteiger partial charge in [0.1, 0.15) is 6.61 Å². The minimum atomic E-state index is -4.22. The highest BCUT2D eigenvalue weighted by atomic mass is 19.4. The summed E-state index contributed by atoms with van der Waals surface area (Å²) in [4.78, 5) is 0. The molecule has 5 heteroatoms. The molecule has 0 heterocycles. The van der Waals surface area contributed by atoms with Crippen LogP contribution in [0.5, 0.6) is 0 Å². The summed E-state index contributed by atoms with van der Waals surface area (Å²) in [5.41, 5.74) is 6.13. The summed E-state index contributed by atoms with van der Waals surface area (Å²) in [7, 11) is 0. The molecule has 19 heavy (non-hydrogen) atoms. The van der Waals surface area contributed by atoms with Crippen LogP contribution in [0, 0.1) is 17.3 Å². The lowest BCUT2D eigenvalue weighted by Crippen LogP contribution is -2.34. The minimum absolute atomic E-state index is 0.188.